The van der Waals surface area contributed by atoms with Gasteiger partial charge in [-0.05, 0) is 30.9 Å². The van der Waals surface area contributed by atoms with E-state index >= 15 is 0 Å². The summed E-state index contributed by atoms with van der Waals surface area (Å²) in [5, 5.41) is 2.95. The summed E-state index contributed by atoms with van der Waals surface area (Å²) in [7, 11) is 0. The highest BCUT2D eigenvalue weighted by Gasteiger charge is 2.23. The standard InChI is InChI=1S/C17H22N2O2S/c20-16(18-12-13-4-3-5-13)8-9-17(21)19-10-11-22-15-7-2-1-6-14(15)19/h1-2,6-7,13H,3-5,8-12H2,(H,18,20). The average Bonchev–Trinajstić information content (AvgIpc) is 2.50. The van der Waals surface area contributed by atoms with Crippen molar-refractivity contribution in [3.63, 3.8) is 0 Å². The summed E-state index contributed by atoms with van der Waals surface area (Å²) in [5.74, 6) is 1.62. The topological polar surface area (TPSA) is 49.4 Å². The van der Waals surface area contributed by atoms with Gasteiger partial charge >= 0.3 is 0 Å². The number of nitrogens with zero attached hydrogens (tertiary/aromatic N) is 1. The summed E-state index contributed by atoms with van der Waals surface area (Å²) in [6.45, 7) is 1.50. The molecular formula is C17H22N2O2S. The van der Waals surface area contributed by atoms with Gasteiger partial charge < -0.3 is 10.2 Å². The van der Waals surface area contributed by atoms with E-state index in [1.54, 1.807) is 11.8 Å². The molecule has 0 aromatic heterocycles. The summed E-state index contributed by atoms with van der Waals surface area (Å²) < 4.78 is 0. The fourth-order valence-electron chi connectivity index (χ4n) is 2.83. The van der Waals surface area contributed by atoms with Crippen LogP contribution in [0.3, 0.4) is 0 Å². The van der Waals surface area contributed by atoms with Crippen molar-refractivity contribution in [3.05, 3.63) is 24.3 Å². The number of hydrogen-bond donors (Lipinski definition) is 1. The van der Waals surface area contributed by atoms with Gasteiger partial charge in [-0.3, -0.25) is 9.59 Å². The number of hydrogen-bond acceptors (Lipinski definition) is 3. The van der Waals surface area contributed by atoms with E-state index in [-0.39, 0.29) is 24.7 Å². The van der Waals surface area contributed by atoms with Crippen LogP contribution < -0.4 is 10.2 Å². The van der Waals surface area contributed by atoms with Gasteiger partial charge in [0.25, 0.3) is 0 Å². The highest BCUT2D eigenvalue weighted by Crippen LogP contribution is 2.34. The second-order valence-electron chi connectivity index (χ2n) is 5.96. The molecule has 0 bridgehead atoms. The van der Waals surface area contributed by atoms with E-state index in [0.29, 0.717) is 5.92 Å². The molecule has 1 fully saturated rings. The molecule has 1 heterocycles. The molecule has 1 aliphatic heterocycles. The zero-order chi connectivity index (χ0) is 15.4. The molecule has 1 saturated carbocycles. The first kappa shape index (κ1) is 15.4. The van der Waals surface area contributed by atoms with Gasteiger partial charge in [0.2, 0.25) is 11.8 Å². The molecule has 22 heavy (non-hydrogen) atoms. The van der Waals surface area contributed by atoms with Crippen LogP contribution in [-0.4, -0.2) is 30.7 Å². The number of rotatable bonds is 5. The van der Waals surface area contributed by atoms with Crippen LogP contribution >= 0.6 is 11.8 Å². The van der Waals surface area contributed by atoms with Crippen molar-refractivity contribution >= 4 is 29.3 Å². The minimum Gasteiger partial charge on any atom is -0.356 e. The normalized spacial score (nSPS) is 17.5. The Hall–Kier alpha value is -1.49. The van der Waals surface area contributed by atoms with Crippen molar-refractivity contribution in [3.8, 4) is 0 Å². The van der Waals surface area contributed by atoms with Gasteiger partial charge in [-0.1, -0.05) is 18.6 Å². The third-order valence-corrected chi connectivity index (χ3v) is 5.45. The largest absolute Gasteiger partial charge is 0.356 e. The highest BCUT2D eigenvalue weighted by atomic mass is 32.2. The highest BCUT2D eigenvalue weighted by molar-refractivity contribution is 7.99. The fraction of sp³-hybridized carbons (Fsp3) is 0.529. The van der Waals surface area contributed by atoms with E-state index in [4.69, 9.17) is 0 Å². The maximum atomic E-state index is 12.4. The monoisotopic (exact) mass is 318 g/mol. The summed E-state index contributed by atoms with van der Waals surface area (Å²) in [6.07, 6.45) is 4.31. The molecule has 0 unspecified atom stereocenters. The molecule has 2 amide bonds. The molecule has 0 atom stereocenters. The van der Waals surface area contributed by atoms with Crippen LogP contribution in [0, 0.1) is 5.92 Å². The second kappa shape index (κ2) is 7.18. The lowest BCUT2D eigenvalue weighted by atomic mass is 9.85. The van der Waals surface area contributed by atoms with Crippen LogP contribution in [0.15, 0.2) is 29.2 Å². The van der Waals surface area contributed by atoms with Gasteiger partial charge in [0, 0.05) is 36.6 Å². The van der Waals surface area contributed by atoms with Gasteiger partial charge in [-0.25, -0.2) is 0 Å². The van der Waals surface area contributed by atoms with Crippen molar-refractivity contribution < 1.29 is 9.59 Å². The Labute approximate surface area is 135 Å². The minimum atomic E-state index is -0.0000745. The Kier molecular flexibility index (Phi) is 5.03. The van der Waals surface area contributed by atoms with Gasteiger partial charge in [0.1, 0.15) is 0 Å². The second-order valence-corrected chi connectivity index (χ2v) is 7.10. The SMILES string of the molecule is O=C(CCC(=O)N1CCSc2ccccc21)NCC1CCC1. The number of amides is 2. The van der Waals surface area contributed by atoms with E-state index in [9.17, 15) is 9.59 Å². The Morgan fingerprint density at radius 3 is 2.82 bits per heavy atom. The number of thioether (sulfide) groups is 1. The molecule has 1 aromatic carbocycles. The Bertz CT molecular complexity index is 557. The first-order chi connectivity index (χ1) is 10.7. The fourth-order valence-corrected chi connectivity index (χ4v) is 3.82. The van der Waals surface area contributed by atoms with Gasteiger partial charge in [-0.2, -0.15) is 0 Å². The quantitative estimate of drug-likeness (QED) is 0.908. The third kappa shape index (κ3) is 3.64. The summed E-state index contributed by atoms with van der Waals surface area (Å²) in [5.41, 5.74) is 0.985. The number of anilines is 1. The molecule has 118 valence electrons. The number of para-hydroxylation sites is 1. The Morgan fingerprint density at radius 2 is 2.05 bits per heavy atom. The van der Waals surface area contributed by atoms with E-state index in [1.165, 1.54) is 19.3 Å². The molecule has 1 N–H and O–H groups in total. The molecule has 0 saturated heterocycles. The van der Waals surface area contributed by atoms with Gasteiger partial charge in [0.05, 0.1) is 5.69 Å². The lowest BCUT2D eigenvalue weighted by Crippen LogP contribution is -2.37. The first-order valence-electron chi connectivity index (χ1n) is 8.03. The molecule has 2 aliphatic rings. The maximum absolute atomic E-state index is 12.4. The first-order valence-corrected chi connectivity index (χ1v) is 9.01. The van der Waals surface area contributed by atoms with Crippen molar-refractivity contribution in [1.29, 1.82) is 0 Å². The van der Waals surface area contributed by atoms with E-state index in [0.717, 1.165) is 29.4 Å². The summed E-state index contributed by atoms with van der Waals surface area (Å²) in [6, 6.07) is 7.98. The number of carbonyl (C=O) groups is 2. The molecule has 0 radical (unpaired) electrons. The third-order valence-electron chi connectivity index (χ3n) is 4.41. The predicted molar refractivity (Wildman–Crippen MR) is 89.1 cm³/mol. The Balaban J connectivity index is 1.48. The molecule has 0 spiro atoms. The molecule has 4 nitrogen and oxygen atoms in total. The molecule has 5 heteroatoms. The Morgan fingerprint density at radius 1 is 1.23 bits per heavy atom. The number of nitrogens with one attached hydrogen (secondary N) is 1. The van der Waals surface area contributed by atoms with Crippen LogP contribution in [0.2, 0.25) is 0 Å². The van der Waals surface area contributed by atoms with E-state index < -0.39 is 0 Å². The van der Waals surface area contributed by atoms with Crippen molar-refractivity contribution in [2.24, 2.45) is 5.92 Å². The predicted octanol–water partition coefficient (Wildman–Crippen LogP) is 2.82. The van der Waals surface area contributed by atoms with Crippen LogP contribution in [0.25, 0.3) is 0 Å². The number of fused-ring (bicyclic) bond motifs is 1. The van der Waals surface area contributed by atoms with E-state index in [2.05, 4.69) is 5.32 Å². The van der Waals surface area contributed by atoms with Gasteiger partial charge in [0.15, 0.2) is 0 Å². The zero-order valence-corrected chi connectivity index (χ0v) is 13.5. The summed E-state index contributed by atoms with van der Waals surface area (Å²) >= 11 is 1.78. The smallest absolute Gasteiger partial charge is 0.227 e. The lowest BCUT2D eigenvalue weighted by molar-refractivity contribution is -0.125. The average molecular weight is 318 g/mol. The van der Waals surface area contributed by atoms with E-state index in [1.807, 2.05) is 29.2 Å². The molecule has 3 rings (SSSR count). The molecule has 1 aliphatic carbocycles. The number of carbonyl (C=O) groups excluding carboxylic acids is 2. The summed E-state index contributed by atoms with van der Waals surface area (Å²) in [4.78, 5) is 27.2. The lowest BCUT2D eigenvalue weighted by Gasteiger charge is -2.29. The van der Waals surface area contributed by atoms with Crippen molar-refractivity contribution in [1.82, 2.24) is 5.32 Å². The van der Waals surface area contributed by atoms with Crippen LogP contribution in [0.1, 0.15) is 32.1 Å². The van der Waals surface area contributed by atoms with Crippen LogP contribution in [0.5, 0.6) is 0 Å². The van der Waals surface area contributed by atoms with Crippen molar-refractivity contribution in [2.45, 2.75) is 37.0 Å². The van der Waals surface area contributed by atoms with Crippen LogP contribution in [-0.2, 0) is 9.59 Å². The van der Waals surface area contributed by atoms with Gasteiger partial charge in [-0.15, -0.1) is 11.8 Å². The molecular weight excluding hydrogens is 296 g/mol. The minimum absolute atomic E-state index is 0.0000745. The van der Waals surface area contributed by atoms with Crippen molar-refractivity contribution in [2.75, 3.05) is 23.7 Å². The zero-order valence-electron chi connectivity index (χ0n) is 12.7. The maximum Gasteiger partial charge on any atom is 0.227 e. The molecule has 1 aromatic rings. The number of benzene rings is 1. The van der Waals surface area contributed by atoms with Crippen LogP contribution in [0.4, 0.5) is 5.69 Å².